The molecule has 0 aliphatic rings. The van der Waals surface area contributed by atoms with Gasteiger partial charge in [0.15, 0.2) is 11.9 Å². The Morgan fingerprint density at radius 3 is 2.77 bits per heavy atom. The van der Waals surface area contributed by atoms with Gasteiger partial charge in [-0.15, -0.1) is 0 Å². The van der Waals surface area contributed by atoms with Crippen LogP contribution < -0.4 is 16.2 Å². The smallest absolute Gasteiger partial charge is 0.259 e. The topological polar surface area (TPSA) is 125 Å². The number of benzene rings is 1. The molecule has 158 valence electrons. The van der Waals surface area contributed by atoms with Gasteiger partial charge in [-0.1, -0.05) is 18.2 Å². The predicted octanol–water partition coefficient (Wildman–Crippen LogP) is 2.50. The van der Waals surface area contributed by atoms with E-state index in [0.29, 0.717) is 27.2 Å². The minimum atomic E-state index is -1.09. The van der Waals surface area contributed by atoms with Crippen LogP contribution >= 0.6 is 15.9 Å². The molecule has 0 aliphatic carbocycles. The predicted molar refractivity (Wildman–Crippen MR) is 113 cm³/mol. The number of alkyl halides is 1. The lowest BCUT2D eigenvalue weighted by atomic mass is 10.0. The van der Waals surface area contributed by atoms with Crippen LogP contribution in [0.2, 0.25) is 0 Å². The van der Waals surface area contributed by atoms with Crippen LogP contribution in [-0.4, -0.2) is 44.3 Å². The number of carbonyl (C=O) groups is 1. The summed E-state index contributed by atoms with van der Waals surface area (Å²) in [6, 6.07) is 8.34. The molecule has 0 bridgehead atoms. The third-order valence-corrected chi connectivity index (χ3v) is 4.76. The fourth-order valence-corrected chi connectivity index (χ4v) is 3.14. The van der Waals surface area contributed by atoms with Crippen molar-refractivity contribution in [1.29, 1.82) is 0 Å². The Morgan fingerprint density at radius 2 is 2.10 bits per heavy atom. The van der Waals surface area contributed by atoms with Gasteiger partial charge in [0.25, 0.3) is 11.8 Å². The molecule has 0 saturated carbocycles. The van der Waals surface area contributed by atoms with Crippen molar-refractivity contribution in [3.63, 3.8) is 0 Å². The second kappa shape index (κ2) is 9.08. The highest BCUT2D eigenvalue weighted by Crippen LogP contribution is 2.28. The molecule has 0 radical (unpaired) electrons. The number of halogens is 2. The molecule has 2 aromatic heterocycles. The highest BCUT2D eigenvalue weighted by atomic mass is 79.9. The number of carbonyl (C=O) groups excluding carboxylic acids is 1. The van der Waals surface area contributed by atoms with Crippen molar-refractivity contribution < 1.29 is 13.9 Å². The molecule has 4 N–H and O–H groups in total. The van der Waals surface area contributed by atoms with Gasteiger partial charge in [0, 0.05) is 31.3 Å². The van der Waals surface area contributed by atoms with Gasteiger partial charge in [-0.05, 0) is 22.0 Å². The van der Waals surface area contributed by atoms with Crippen molar-refractivity contribution in [2.24, 2.45) is 7.05 Å². The average Bonchev–Trinajstić information content (AvgIpc) is 3.04. The number of nitrogens with zero attached hydrogens (tertiary/aromatic N) is 5. The molecule has 2 heterocycles. The van der Waals surface area contributed by atoms with Crippen LogP contribution in [0.3, 0.4) is 0 Å². The van der Waals surface area contributed by atoms with Gasteiger partial charge in [0.1, 0.15) is 17.1 Å². The van der Waals surface area contributed by atoms with Crippen molar-refractivity contribution in [2.45, 2.75) is 12.6 Å². The minimum absolute atomic E-state index is 0.0188. The standard InChI is InChI=1S/C19H21BrFN7O2/c1-27(10-11-7-16(22)28(2)26-11)19(29)13-6-4-3-5-12(13)14(8-21)30-18-17(23)24-9-15(20)25-18/h3-7,9,14H,8,10,22H2,1-2H3,(H2,23,24). The number of rotatable bonds is 7. The van der Waals surface area contributed by atoms with Gasteiger partial charge in [0.05, 0.1) is 18.4 Å². The molecule has 30 heavy (non-hydrogen) atoms. The highest BCUT2D eigenvalue weighted by molar-refractivity contribution is 9.10. The Kier molecular flexibility index (Phi) is 6.50. The van der Waals surface area contributed by atoms with Crippen LogP contribution in [-0.2, 0) is 13.6 Å². The first-order chi connectivity index (χ1) is 14.3. The Bertz CT molecular complexity index is 1040. The molecule has 0 spiro atoms. The van der Waals surface area contributed by atoms with Crippen molar-refractivity contribution in [3.8, 4) is 5.88 Å². The first kappa shape index (κ1) is 21.5. The van der Waals surface area contributed by atoms with Crippen LogP contribution in [0.4, 0.5) is 16.0 Å². The maximum atomic E-state index is 13.9. The first-order valence-electron chi connectivity index (χ1n) is 8.93. The second-order valence-corrected chi connectivity index (χ2v) is 7.39. The summed E-state index contributed by atoms with van der Waals surface area (Å²) in [6.45, 7) is -0.651. The number of amides is 1. The number of nitrogens with two attached hydrogens (primary N) is 2. The van der Waals surface area contributed by atoms with Crippen molar-refractivity contribution in [3.05, 3.63) is 58.0 Å². The Labute approximate surface area is 181 Å². The second-order valence-electron chi connectivity index (χ2n) is 6.58. The summed E-state index contributed by atoms with van der Waals surface area (Å²) in [7, 11) is 3.35. The van der Waals surface area contributed by atoms with E-state index < -0.39 is 12.8 Å². The molecule has 1 amide bonds. The van der Waals surface area contributed by atoms with Gasteiger partial charge in [-0.25, -0.2) is 14.4 Å². The SMILES string of the molecule is CN(Cc1cc(N)n(C)n1)C(=O)c1ccccc1C(CF)Oc1nc(Br)cnc1N. The summed E-state index contributed by atoms with van der Waals surface area (Å²) in [5, 5.41) is 4.25. The van der Waals surface area contributed by atoms with E-state index in [-0.39, 0.29) is 24.1 Å². The molecule has 3 rings (SSSR count). The monoisotopic (exact) mass is 477 g/mol. The molecule has 11 heteroatoms. The number of hydrogen-bond acceptors (Lipinski definition) is 7. The maximum Gasteiger partial charge on any atom is 0.259 e. The van der Waals surface area contributed by atoms with Crippen molar-refractivity contribution in [1.82, 2.24) is 24.6 Å². The van der Waals surface area contributed by atoms with Crippen LogP contribution in [0.15, 0.2) is 41.1 Å². The molecule has 3 aromatic rings. The molecule has 1 atom stereocenters. The summed E-state index contributed by atoms with van der Waals surface area (Å²) in [5.41, 5.74) is 12.9. The van der Waals surface area contributed by atoms with E-state index in [4.69, 9.17) is 16.2 Å². The van der Waals surface area contributed by atoms with E-state index in [1.54, 1.807) is 44.4 Å². The van der Waals surface area contributed by atoms with Crippen LogP contribution in [0.25, 0.3) is 0 Å². The van der Waals surface area contributed by atoms with Crippen molar-refractivity contribution in [2.75, 3.05) is 25.2 Å². The molecule has 0 saturated heterocycles. The summed E-state index contributed by atoms with van der Waals surface area (Å²) >= 11 is 3.18. The fraction of sp³-hybridized carbons (Fsp3) is 0.263. The number of hydrogen-bond donors (Lipinski definition) is 2. The van der Waals surface area contributed by atoms with Crippen LogP contribution in [0.5, 0.6) is 5.88 Å². The fourth-order valence-electron chi connectivity index (χ4n) is 2.87. The highest BCUT2D eigenvalue weighted by Gasteiger charge is 2.24. The Balaban J connectivity index is 1.86. The van der Waals surface area contributed by atoms with Gasteiger partial charge in [0.2, 0.25) is 0 Å². The Hall–Kier alpha value is -3.21. The molecule has 0 aliphatic heterocycles. The van der Waals surface area contributed by atoms with Crippen molar-refractivity contribution >= 4 is 33.5 Å². The van der Waals surface area contributed by atoms with Gasteiger partial charge >= 0.3 is 0 Å². The van der Waals surface area contributed by atoms with E-state index in [2.05, 4.69) is 31.0 Å². The third kappa shape index (κ3) is 4.67. The summed E-state index contributed by atoms with van der Waals surface area (Å²) in [5.74, 6) is 0.173. The molecular formula is C19H21BrFN7O2. The van der Waals surface area contributed by atoms with Gasteiger partial charge in [-0.3, -0.25) is 9.48 Å². The summed E-state index contributed by atoms with van der Waals surface area (Å²) in [4.78, 5) is 22.6. The number of anilines is 2. The molecule has 1 unspecified atom stereocenters. The largest absolute Gasteiger partial charge is 0.464 e. The van der Waals surface area contributed by atoms with E-state index in [9.17, 15) is 9.18 Å². The molecule has 0 fully saturated rings. The maximum absolute atomic E-state index is 13.9. The summed E-state index contributed by atoms with van der Waals surface area (Å²) < 4.78 is 21.5. The zero-order chi connectivity index (χ0) is 21.8. The zero-order valence-corrected chi connectivity index (χ0v) is 18.0. The number of aromatic nitrogens is 4. The van der Waals surface area contributed by atoms with E-state index in [1.807, 2.05) is 0 Å². The van der Waals surface area contributed by atoms with E-state index in [1.165, 1.54) is 15.8 Å². The lowest BCUT2D eigenvalue weighted by molar-refractivity contribution is 0.0775. The number of nitrogen functional groups attached to an aromatic ring is 2. The zero-order valence-electron chi connectivity index (χ0n) is 16.4. The molecule has 9 nitrogen and oxygen atoms in total. The van der Waals surface area contributed by atoms with Gasteiger partial charge < -0.3 is 21.1 Å². The average molecular weight is 478 g/mol. The Morgan fingerprint density at radius 1 is 1.37 bits per heavy atom. The van der Waals surface area contributed by atoms with E-state index in [0.717, 1.165) is 0 Å². The normalized spacial score (nSPS) is 11.9. The minimum Gasteiger partial charge on any atom is -0.464 e. The first-order valence-corrected chi connectivity index (χ1v) is 9.72. The number of ether oxygens (including phenoxy) is 1. The van der Waals surface area contributed by atoms with Gasteiger partial charge in [-0.2, -0.15) is 5.10 Å². The summed E-state index contributed by atoms with van der Waals surface area (Å²) in [6.07, 6.45) is 0.318. The molecular weight excluding hydrogens is 457 g/mol. The lowest BCUT2D eigenvalue weighted by Gasteiger charge is -2.22. The lowest BCUT2D eigenvalue weighted by Crippen LogP contribution is -2.28. The number of aryl methyl sites for hydroxylation is 1. The third-order valence-electron chi connectivity index (χ3n) is 4.38. The van der Waals surface area contributed by atoms with E-state index >= 15 is 0 Å². The van der Waals surface area contributed by atoms with Crippen LogP contribution in [0, 0.1) is 0 Å². The van der Waals surface area contributed by atoms with Crippen LogP contribution in [0.1, 0.15) is 27.7 Å². The quantitative estimate of drug-likeness (QED) is 0.535. The molecule has 1 aromatic carbocycles.